The van der Waals surface area contributed by atoms with Crippen molar-refractivity contribution in [1.82, 2.24) is 4.31 Å². The zero-order chi connectivity index (χ0) is 20.0. The van der Waals surface area contributed by atoms with Crippen molar-refractivity contribution in [2.75, 3.05) is 18.5 Å². The van der Waals surface area contributed by atoms with Gasteiger partial charge in [-0.05, 0) is 29.8 Å². The number of nitrogens with one attached hydrogen (secondary N) is 1. The molecule has 27 heavy (non-hydrogen) atoms. The van der Waals surface area contributed by atoms with Crippen LogP contribution in [0.4, 0.5) is 11.4 Å². The second-order valence-electron chi connectivity index (χ2n) is 5.45. The number of nitrogens with zero attached hydrogens (tertiary/aromatic N) is 3. The molecule has 0 saturated heterocycles. The predicted octanol–water partition coefficient (Wildman–Crippen LogP) is 3.72. The lowest BCUT2D eigenvalue weighted by atomic mass is 10.2. The monoisotopic (exact) mass is 410 g/mol. The van der Waals surface area contributed by atoms with Gasteiger partial charge in [-0.25, -0.2) is 8.42 Å². The van der Waals surface area contributed by atoms with Gasteiger partial charge in [0.1, 0.15) is 5.69 Å². The van der Waals surface area contributed by atoms with E-state index in [1.807, 2.05) is 0 Å². The highest BCUT2D eigenvalue weighted by atomic mass is 35.5. The number of nitro groups is 1. The van der Waals surface area contributed by atoms with Gasteiger partial charge in [-0.3, -0.25) is 15.5 Å². The number of nitro benzene ring substituents is 1. The van der Waals surface area contributed by atoms with Crippen molar-refractivity contribution in [2.24, 2.45) is 5.10 Å². The number of sulfonamides is 1. The average molecular weight is 411 g/mol. The topological polar surface area (TPSA) is 105 Å². The molecule has 0 saturated carbocycles. The summed E-state index contributed by atoms with van der Waals surface area (Å²) >= 11 is 5.88. The van der Waals surface area contributed by atoms with Crippen LogP contribution in [0.2, 0.25) is 5.02 Å². The highest BCUT2D eigenvalue weighted by molar-refractivity contribution is 7.89. The number of anilines is 1. The molecule has 1 N–H and O–H groups in total. The molecular weight excluding hydrogens is 392 g/mol. The Hall–Kier alpha value is -2.49. The summed E-state index contributed by atoms with van der Waals surface area (Å²) in [6, 6.07) is 10.6. The van der Waals surface area contributed by atoms with E-state index < -0.39 is 14.9 Å². The summed E-state index contributed by atoms with van der Waals surface area (Å²) in [5, 5.41) is 15.9. The molecule has 8 nitrogen and oxygen atoms in total. The van der Waals surface area contributed by atoms with Crippen LogP contribution in [-0.4, -0.2) is 37.0 Å². The fraction of sp³-hybridized carbons (Fsp3) is 0.235. The van der Waals surface area contributed by atoms with Gasteiger partial charge in [0.2, 0.25) is 10.0 Å². The maximum Gasteiger partial charge on any atom is 0.295 e. The van der Waals surface area contributed by atoms with Gasteiger partial charge in [0.05, 0.1) is 16.0 Å². The lowest BCUT2D eigenvalue weighted by Crippen LogP contribution is -2.30. The van der Waals surface area contributed by atoms with Gasteiger partial charge < -0.3 is 0 Å². The smallest absolute Gasteiger partial charge is 0.272 e. The fourth-order valence-corrected chi connectivity index (χ4v) is 4.07. The van der Waals surface area contributed by atoms with Gasteiger partial charge in [-0.1, -0.05) is 37.6 Å². The second kappa shape index (κ2) is 8.94. The van der Waals surface area contributed by atoms with Crippen LogP contribution in [0, 0.1) is 10.1 Å². The summed E-state index contributed by atoms with van der Waals surface area (Å²) in [7, 11) is -3.79. The van der Waals surface area contributed by atoms with Crippen molar-refractivity contribution in [3.8, 4) is 0 Å². The highest BCUT2D eigenvalue weighted by Gasteiger charge is 2.25. The Morgan fingerprint density at radius 1 is 1.22 bits per heavy atom. The molecule has 0 aliphatic heterocycles. The van der Waals surface area contributed by atoms with Crippen LogP contribution in [0.5, 0.6) is 0 Å². The summed E-state index contributed by atoms with van der Waals surface area (Å²) in [6.07, 6.45) is 1.45. The van der Waals surface area contributed by atoms with Gasteiger partial charge in [-0.15, -0.1) is 0 Å². The van der Waals surface area contributed by atoms with E-state index in [-0.39, 0.29) is 29.4 Å². The van der Waals surface area contributed by atoms with Gasteiger partial charge in [0, 0.05) is 24.2 Å². The molecule has 0 aliphatic carbocycles. The molecule has 0 heterocycles. The van der Waals surface area contributed by atoms with Gasteiger partial charge in [-0.2, -0.15) is 9.41 Å². The molecule has 0 aliphatic rings. The molecule has 0 amide bonds. The molecular formula is C17H19ClN4O4S. The number of hydrogen-bond donors (Lipinski definition) is 1. The van der Waals surface area contributed by atoms with Crippen LogP contribution in [0.1, 0.15) is 19.4 Å². The third kappa shape index (κ3) is 5.03. The molecule has 0 radical (unpaired) electrons. The molecule has 2 aromatic carbocycles. The lowest BCUT2D eigenvalue weighted by Gasteiger charge is -2.18. The second-order valence-corrected chi connectivity index (χ2v) is 7.82. The van der Waals surface area contributed by atoms with E-state index in [0.29, 0.717) is 10.6 Å². The summed E-state index contributed by atoms with van der Waals surface area (Å²) in [5.74, 6) is 0. The zero-order valence-electron chi connectivity index (χ0n) is 14.8. The van der Waals surface area contributed by atoms with E-state index in [1.165, 1.54) is 22.7 Å². The van der Waals surface area contributed by atoms with E-state index in [4.69, 9.17) is 11.6 Å². The average Bonchev–Trinajstić information content (AvgIpc) is 2.62. The third-order valence-corrected chi connectivity index (χ3v) is 6.04. The number of halogens is 1. The SMILES string of the molecule is CCN(CC)S(=O)(=O)c1ccc(N/N=C\c2cccc(Cl)c2)c([N+](=O)[O-])c1. The largest absolute Gasteiger partial charge is 0.295 e. The normalized spacial score (nSPS) is 11.9. The first-order chi connectivity index (χ1) is 12.8. The van der Waals surface area contributed by atoms with E-state index in [1.54, 1.807) is 38.1 Å². The maximum atomic E-state index is 12.6. The fourth-order valence-electron chi connectivity index (χ4n) is 2.39. The van der Waals surface area contributed by atoms with Crippen molar-refractivity contribution in [1.29, 1.82) is 0 Å². The lowest BCUT2D eigenvalue weighted by molar-refractivity contribution is -0.384. The molecule has 0 aromatic heterocycles. The maximum absolute atomic E-state index is 12.6. The summed E-state index contributed by atoms with van der Waals surface area (Å²) in [5.41, 5.74) is 2.98. The first-order valence-corrected chi connectivity index (χ1v) is 9.94. The van der Waals surface area contributed by atoms with Crippen LogP contribution >= 0.6 is 11.6 Å². The van der Waals surface area contributed by atoms with E-state index >= 15 is 0 Å². The number of hydrazone groups is 1. The van der Waals surface area contributed by atoms with Crippen molar-refractivity contribution >= 4 is 39.2 Å². The quantitative estimate of drug-likeness (QED) is 0.405. The molecule has 2 aromatic rings. The van der Waals surface area contributed by atoms with E-state index in [2.05, 4.69) is 10.5 Å². The van der Waals surface area contributed by atoms with Crippen molar-refractivity contribution in [2.45, 2.75) is 18.7 Å². The van der Waals surface area contributed by atoms with Gasteiger partial charge in [0.25, 0.3) is 5.69 Å². The molecule has 0 bridgehead atoms. The Balaban J connectivity index is 2.32. The van der Waals surface area contributed by atoms with Gasteiger partial charge in [0.15, 0.2) is 0 Å². The minimum atomic E-state index is -3.79. The number of hydrogen-bond acceptors (Lipinski definition) is 6. The van der Waals surface area contributed by atoms with Crippen molar-refractivity contribution in [3.63, 3.8) is 0 Å². The summed E-state index contributed by atoms with van der Waals surface area (Å²) < 4.78 is 26.3. The minimum Gasteiger partial charge on any atom is -0.272 e. The molecule has 10 heteroatoms. The molecule has 0 unspecified atom stereocenters. The van der Waals surface area contributed by atoms with Crippen LogP contribution in [0.3, 0.4) is 0 Å². The molecule has 0 fully saturated rings. The van der Waals surface area contributed by atoms with Gasteiger partial charge >= 0.3 is 0 Å². The molecule has 0 spiro atoms. The Labute approximate surface area is 162 Å². The highest BCUT2D eigenvalue weighted by Crippen LogP contribution is 2.29. The molecule has 0 atom stereocenters. The van der Waals surface area contributed by atoms with E-state index in [9.17, 15) is 18.5 Å². The Morgan fingerprint density at radius 2 is 1.93 bits per heavy atom. The summed E-state index contributed by atoms with van der Waals surface area (Å²) in [4.78, 5) is 10.6. The number of rotatable bonds is 8. The zero-order valence-corrected chi connectivity index (χ0v) is 16.4. The predicted molar refractivity (Wildman–Crippen MR) is 106 cm³/mol. The van der Waals surface area contributed by atoms with Crippen LogP contribution in [-0.2, 0) is 10.0 Å². The molecule has 144 valence electrons. The van der Waals surface area contributed by atoms with Crippen LogP contribution < -0.4 is 5.43 Å². The summed E-state index contributed by atoms with van der Waals surface area (Å²) in [6.45, 7) is 3.96. The Morgan fingerprint density at radius 3 is 2.52 bits per heavy atom. The first-order valence-electron chi connectivity index (χ1n) is 8.12. The van der Waals surface area contributed by atoms with Crippen LogP contribution in [0.25, 0.3) is 0 Å². The van der Waals surface area contributed by atoms with E-state index in [0.717, 1.165) is 6.07 Å². The molecule has 2 rings (SSSR count). The number of benzene rings is 2. The minimum absolute atomic E-state index is 0.0803. The third-order valence-electron chi connectivity index (χ3n) is 3.76. The van der Waals surface area contributed by atoms with Crippen molar-refractivity contribution in [3.05, 3.63) is 63.2 Å². The van der Waals surface area contributed by atoms with Crippen LogP contribution in [0.15, 0.2) is 52.5 Å². The Kier molecular flexibility index (Phi) is 6.89. The first kappa shape index (κ1) is 20.8. The van der Waals surface area contributed by atoms with Crippen molar-refractivity contribution < 1.29 is 13.3 Å². The Bertz CT molecular complexity index is 959. The standard InChI is InChI=1S/C17H19ClN4O4S/c1-3-21(4-2)27(25,26)15-8-9-16(17(11-15)22(23)24)20-19-12-13-6-5-7-14(18)10-13/h5-12,20H,3-4H2,1-2H3/b19-12-.